The molecule has 0 aromatic heterocycles. The number of sulfonamides is 1. The standard InChI is InChI=1S/C21H26N2O5S/c1-3-26-19-6-4-16(2)12-21(19)29(24,25)23-10-8-22(9-11-23)14-17-5-7-18-20(13-17)28-15-27-18/h4-7,12-13H,3,8-11,14-15H2,1-2H3/p+1. The third-order valence-electron chi connectivity index (χ3n) is 5.34. The molecule has 2 aliphatic rings. The molecule has 0 spiro atoms. The van der Waals surface area contributed by atoms with Gasteiger partial charge >= 0.3 is 0 Å². The first-order valence-electron chi connectivity index (χ1n) is 9.93. The predicted octanol–water partition coefficient (Wildman–Crippen LogP) is 1.21. The molecule has 4 rings (SSSR count). The van der Waals surface area contributed by atoms with Crippen molar-refractivity contribution in [2.75, 3.05) is 39.6 Å². The van der Waals surface area contributed by atoms with Crippen LogP contribution in [0.2, 0.25) is 0 Å². The van der Waals surface area contributed by atoms with Gasteiger partial charge in [-0.15, -0.1) is 0 Å². The van der Waals surface area contributed by atoms with Crippen molar-refractivity contribution in [3.63, 3.8) is 0 Å². The third-order valence-corrected chi connectivity index (χ3v) is 7.26. The summed E-state index contributed by atoms with van der Waals surface area (Å²) in [4.78, 5) is 1.61. The lowest BCUT2D eigenvalue weighted by Gasteiger charge is -2.32. The van der Waals surface area contributed by atoms with Crippen LogP contribution in [0.15, 0.2) is 41.3 Å². The number of hydrogen-bond acceptors (Lipinski definition) is 5. The van der Waals surface area contributed by atoms with E-state index in [-0.39, 0.29) is 11.7 Å². The summed E-state index contributed by atoms with van der Waals surface area (Å²) in [6.07, 6.45) is 0. The second kappa shape index (κ2) is 8.22. The van der Waals surface area contributed by atoms with Gasteiger partial charge in [-0.25, -0.2) is 8.42 Å². The maximum atomic E-state index is 13.2. The normalized spacial score (nSPS) is 17.4. The molecule has 2 aromatic rings. The van der Waals surface area contributed by atoms with E-state index in [9.17, 15) is 8.42 Å². The maximum Gasteiger partial charge on any atom is 0.247 e. The minimum Gasteiger partial charge on any atom is -0.492 e. The number of piperazine rings is 1. The minimum absolute atomic E-state index is 0.263. The number of ether oxygens (including phenoxy) is 3. The third kappa shape index (κ3) is 4.19. The molecule has 8 heteroatoms. The fourth-order valence-electron chi connectivity index (χ4n) is 3.79. The molecule has 2 aromatic carbocycles. The van der Waals surface area contributed by atoms with E-state index in [1.807, 2.05) is 38.1 Å². The zero-order valence-corrected chi connectivity index (χ0v) is 17.6. The highest BCUT2D eigenvalue weighted by atomic mass is 32.2. The topological polar surface area (TPSA) is 69.5 Å². The Kier molecular flexibility index (Phi) is 5.67. The molecule has 1 fully saturated rings. The van der Waals surface area contributed by atoms with Crippen molar-refractivity contribution in [1.82, 2.24) is 4.31 Å². The summed E-state index contributed by atoms with van der Waals surface area (Å²) in [5.74, 6) is 1.99. The van der Waals surface area contributed by atoms with E-state index in [4.69, 9.17) is 14.2 Å². The Bertz CT molecular complexity index is 985. The summed E-state index contributed by atoms with van der Waals surface area (Å²) in [6.45, 7) is 7.76. The highest BCUT2D eigenvalue weighted by Gasteiger charge is 2.32. The Morgan fingerprint density at radius 1 is 1.07 bits per heavy atom. The Balaban J connectivity index is 1.43. The van der Waals surface area contributed by atoms with Gasteiger partial charge < -0.3 is 19.1 Å². The summed E-state index contributed by atoms with van der Waals surface area (Å²) in [5, 5.41) is 0. The summed E-state index contributed by atoms with van der Waals surface area (Å²) in [6, 6.07) is 11.3. The number of hydrogen-bond donors (Lipinski definition) is 1. The van der Waals surface area contributed by atoms with Gasteiger partial charge in [-0.2, -0.15) is 4.31 Å². The van der Waals surface area contributed by atoms with E-state index in [0.29, 0.717) is 25.4 Å². The van der Waals surface area contributed by atoms with Crippen molar-refractivity contribution in [2.45, 2.75) is 25.3 Å². The average Bonchev–Trinajstić information content (AvgIpc) is 3.18. The molecule has 0 aliphatic carbocycles. The predicted molar refractivity (Wildman–Crippen MR) is 108 cm³/mol. The molecule has 0 bridgehead atoms. The highest BCUT2D eigenvalue weighted by Crippen LogP contribution is 2.32. The molecule has 156 valence electrons. The lowest BCUT2D eigenvalue weighted by molar-refractivity contribution is -0.917. The second-order valence-electron chi connectivity index (χ2n) is 7.40. The first kappa shape index (κ1) is 20.0. The molecular weight excluding hydrogens is 392 g/mol. The van der Waals surface area contributed by atoms with Crippen LogP contribution < -0.4 is 19.1 Å². The summed E-state index contributed by atoms with van der Waals surface area (Å²) in [5.41, 5.74) is 2.07. The first-order valence-corrected chi connectivity index (χ1v) is 11.4. The molecule has 0 atom stereocenters. The van der Waals surface area contributed by atoms with E-state index >= 15 is 0 Å². The van der Waals surface area contributed by atoms with Gasteiger partial charge in [-0.3, -0.25) is 0 Å². The van der Waals surface area contributed by atoms with E-state index in [1.54, 1.807) is 16.4 Å². The highest BCUT2D eigenvalue weighted by molar-refractivity contribution is 7.89. The average molecular weight is 420 g/mol. The SMILES string of the molecule is CCOc1ccc(C)cc1S(=O)(=O)N1CC[NH+](Cc2ccc3c(c2)OCO3)CC1. The molecule has 7 nitrogen and oxygen atoms in total. The van der Waals surface area contributed by atoms with Crippen LogP contribution in [0.4, 0.5) is 0 Å². The summed E-state index contributed by atoms with van der Waals surface area (Å²) >= 11 is 0. The van der Waals surface area contributed by atoms with Gasteiger partial charge in [0.05, 0.1) is 32.8 Å². The van der Waals surface area contributed by atoms with Gasteiger partial charge in [0.15, 0.2) is 11.5 Å². The van der Waals surface area contributed by atoms with Crippen LogP contribution in [-0.2, 0) is 16.6 Å². The maximum absolute atomic E-state index is 13.2. The number of rotatable bonds is 6. The number of aryl methyl sites for hydroxylation is 1. The number of nitrogens with zero attached hydrogens (tertiary/aromatic N) is 1. The van der Waals surface area contributed by atoms with Crippen molar-refractivity contribution in [3.05, 3.63) is 47.5 Å². The van der Waals surface area contributed by atoms with Crippen LogP contribution in [0.1, 0.15) is 18.1 Å². The molecule has 1 N–H and O–H groups in total. The Morgan fingerprint density at radius 2 is 1.83 bits per heavy atom. The Hall–Kier alpha value is -2.29. The Morgan fingerprint density at radius 3 is 2.59 bits per heavy atom. The van der Waals surface area contributed by atoms with Gasteiger partial charge in [0.25, 0.3) is 0 Å². The zero-order valence-electron chi connectivity index (χ0n) is 16.8. The lowest BCUT2D eigenvalue weighted by Crippen LogP contribution is -3.13. The van der Waals surface area contributed by atoms with Crippen LogP contribution in [0.5, 0.6) is 17.2 Å². The fourth-order valence-corrected chi connectivity index (χ4v) is 5.45. The molecule has 0 radical (unpaired) electrons. The van der Waals surface area contributed by atoms with E-state index < -0.39 is 10.0 Å². The van der Waals surface area contributed by atoms with Crippen LogP contribution >= 0.6 is 0 Å². The van der Waals surface area contributed by atoms with Crippen molar-refractivity contribution < 1.29 is 27.5 Å². The molecular formula is C21H27N2O5S+. The van der Waals surface area contributed by atoms with Gasteiger partial charge in [0.1, 0.15) is 17.2 Å². The largest absolute Gasteiger partial charge is 0.492 e. The van der Waals surface area contributed by atoms with Gasteiger partial charge in [0.2, 0.25) is 16.8 Å². The van der Waals surface area contributed by atoms with E-state index in [0.717, 1.165) is 42.3 Å². The lowest BCUT2D eigenvalue weighted by atomic mass is 10.2. The number of benzene rings is 2. The summed E-state index contributed by atoms with van der Waals surface area (Å²) in [7, 11) is -3.58. The van der Waals surface area contributed by atoms with Gasteiger partial charge in [0, 0.05) is 5.56 Å². The molecule has 1 saturated heterocycles. The van der Waals surface area contributed by atoms with Crippen molar-refractivity contribution in [3.8, 4) is 17.2 Å². The molecule has 29 heavy (non-hydrogen) atoms. The molecule has 0 unspecified atom stereocenters. The smallest absolute Gasteiger partial charge is 0.247 e. The number of quaternary nitrogens is 1. The monoisotopic (exact) mass is 419 g/mol. The first-order chi connectivity index (χ1) is 14.0. The van der Waals surface area contributed by atoms with E-state index in [1.165, 1.54) is 4.90 Å². The van der Waals surface area contributed by atoms with Gasteiger partial charge in [-0.05, 0) is 49.7 Å². The second-order valence-corrected chi connectivity index (χ2v) is 9.31. The number of nitrogens with one attached hydrogen (secondary N) is 1. The van der Waals surface area contributed by atoms with Crippen molar-refractivity contribution in [1.29, 1.82) is 0 Å². The van der Waals surface area contributed by atoms with Crippen LogP contribution in [0.3, 0.4) is 0 Å². The van der Waals surface area contributed by atoms with E-state index in [2.05, 4.69) is 0 Å². The fraction of sp³-hybridized carbons (Fsp3) is 0.429. The molecule has 2 aliphatic heterocycles. The molecule has 2 heterocycles. The number of fused-ring (bicyclic) bond motifs is 1. The Labute approximate surface area is 171 Å². The van der Waals surface area contributed by atoms with Crippen molar-refractivity contribution in [2.24, 2.45) is 0 Å². The summed E-state index contributed by atoms with van der Waals surface area (Å²) < 4.78 is 44.4. The van der Waals surface area contributed by atoms with Crippen molar-refractivity contribution >= 4 is 10.0 Å². The van der Waals surface area contributed by atoms with Crippen LogP contribution in [-0.4, -0.2) is 52.3 Å². The van der Waals surface area contributed by atoms with Gasteiger partial charge in [-0.1, -0.05) is 6.07 Å². The quantitative estimate of drug-likeness (QED) is 0.762. The molecule has 0 amide bonds. The molecule has 0 saturated carbocycles. The zero-order chi connectivity index (χ0) is 20.4. The van der Waals surface area contributed by atoms with Crippen LogP contribution in [0.25, 0.3) is 0 Å². The van der Waals surface area contributed by atoms with Crippen LogP contribution in [0, 0.1) is 6.92 Å². The minimum atomic E-state index is -3.58.